The Morgan fingerprint density at radius 2 is 1.46 bits per heavy atom. The summed E-state index contributed by atoms with van der Waals surface area (Å²) < 4.78 is 8.43. The average Bonchev–Trinajstić information content (AvgIpc) is 2.94. The van der Waals surface area contributed by atoms with Gasteiger partial charge < -0.3 is 4.74 Å². The molecule has 1 heterocycles. The van der Waals surface area contributed by atoms with E-state index in [-0.39, 0.29) is 27.4 Å². The highest BCUT2D eigenvalue weighted by molar-refractivity contribution is 5.09. The van der Waals surface area contributed by atoms with Gasteiger partial charge in [-0.15, -0.1) is 5.10 Å². The fourth-order valence-electron chi connectivity index (χ4n) is 2.82. The Morgan fingerprint density at radius 3 is 1.92 bits per heavy atom. The van der Waals surface area contributed by atoms with Gasteiger partial charge in [0.05, 0.1) is 23.4 Å². The fourth-order valence-corrected chi connectivity index (χ4v) is 2.82. The van der Waals surface area contributed by atoms with E-state index in [1.165, 1.54) is 0 Å². The summed E-state index contributed by atoms with van der Waals surface area (Å²) in [5, 5.41) is 8.89. The van der Waals surface area contributed by atoms with Gasteiger partial charge >= 0.3 is 0 Å². The predicted molar refractivity (Wildman–Crippen MR) is 111 cm³/mol. The van der Waals surface area contributed by atoms with E-state index in [0.717, 1.165) is 25.1 Å². The van der Waals surface area contributed by atoms with E-state index in [1.54, 1.807) is 0 Å². The Kier molecular flexibility index (Phi) is 6.46. The van der Waals surface area contributed by atoms with Crippen LogP contribution in [-0.4, -0.2) is 27.2 Å². The van der Waals surface area contributed by atoms with Gasteiger partial charge in [-0.05, 0) is 44.9 Å². The van der Waals surface area contributed by atoms with Crippen molar-refractivity contribution in [1.82, 2.24) is 15.0 Å². The molecule has 0 aromatic carbocycles. The van der Waals surface area contributed by atoms with Crippen molar-refractivity contribution in [2.45, 2.75) is 112 Å². The lowest BCUT2D eigenvalue weighted by Crippen LogP contribution is -2.42. The third-order valence-electron chi connectivity index (χ3n) is 6.40. The Hall–Kier alpha value is -0.900. The van der Waals surface area contributed by atoms with Crippen molar-refractivity contribution in [2.24, 2.45) is 10.8 Å². The quantitative estimate of drug-likeness (QED) is 0.571. The first-order chi connectivity index (χ1) is 11.4. The molecule has 1 rings (SSSR count). The van der Waals surface area contributed by atoms with E-state index < -0.39 is 0 Å². The van der Waals surface area contributed by atoms with Gasteiger partial charge in [0.25, 0.3) is 0 Å². The van der Waals surface area contributed by atoms with Gasteiger partial charge in [-0.3, -0.25) is 0 Å². The van der Waals surface area contributed by atoms with Crippen LogP contribution in [0.1, 0.15) is 102 Å². The molecule has 0 fully saturated rings. The lowest BCUT2D eigenvalue weighted by atomic mass is 9.70. The molecule has 0 saturated heterocycles. The van der Waals surface area contributed by atoms with Gasteiger partial charge in [0.1, 0.15) is 0 Å². The van der Waals surface area contributed by atoms with Crippen LogP contribution < -0.4 is 0 Å². The smallest absolute Gasteiger partial charge is 0.0883 e. The zero-order valence-corrected chi connectivity index (χ0v) is 19.4. The van der Waals surface area contributed by atoms with Crippen molar-refractivity contribution in [1.29, 1.82) is 0 Å². The van der Waals surface area contributed by atoms with E-state index in [2.05, 4.69) is 99.6 Å². The molecule has 26 heavy (non-hydrogen) atoms. The van der Waals surface area contributed by atoms with E-state index in [4.69, 9.17) is 4.74 Å². The third-order valence-corrected chi connectivity index (χ3v) is 6.40. The summed E-state index contributed by atoms with van der Waals surface area (Å²) in [6.45, 7) is 27.6. The molecule has 0 aliphatic carbocycles. The first-order valence-corrected chi connectivity index (χ1v) is 10.0. The number of hydrogen-bond donors (Lipinski definition) is 0. The largest absolute Gasteiger partial charge is 0.375 e. The zero-order chi connectivity index (χ0) is 20.6. The summed E-state index contributed by atoms with van der Waals surface area (Å²) in [7, 11) is 0. The van der Waals surface area contributed by atoms with E-state index >= 15 is 0 Å². The summed E-state index contributed by atoms with van der Waals surface area (Å²) >= 11 is 0. The molecule has 1 aromatic heterocycles. The SMILES string of the molecule is CCC(C)(C)c1cn(C(C)(C)CC(C)(C)OCC(C)(C)C(C)(C)C)nn1. The Morgan fingerprint density at radius 1 is 0.923 bits per heavy atom. The van der Waals surface area contributed by atoms with Gasteiger partial charge in [-0.1, -0.05) is 60.6 Å². The van der Waals surface area contributed by atoms with Crippen LogP contribution >= 0.6 is 0 Å². The Labute approximate surface area is 162 Å². The highest BCUT2D eigenvalue weighted by Gasteiger charge is 2.38. The van der Waals surface area contributed by atoms with Crippen molar-refractivity contribution < 1.29 is 4.74 Å². The predicted octanol–water partition coefficient (Wildman–Crippen LogP) is 5.96. The van der Waals surface area contributed by atoms with E-state index in [1.807, 2.05) is 4.68 Å². The lowest BCUT2D eigenvalue weighted by molar-refractivity contribution is -0.0984. The minimum absolute atomic E-state index is 0.0527. The molecule has 1 aromatic rings. The minimum Gasteiger partial charge on any atom is -0.375 e. The van der Waals surface area contributed by atoms with Crippen LogP contribution in [0.5, 0.6) is 0 Å². The van der Waals surface area contributed by atoms with Crippen LogP contribution in [0.2, 0.25) is 0 Å². The summed E-state index contributed by atoms with van der Waals surface area (Å²) in [6, 6.07) is 0. The second-order valence-electron chi connectivity index (χ2n) is 11.5. The van der Waals surface area contributed by atoms with Gasteiger partial charge in [-0.25, -0.2) is 4.68 Å². The van der Waals surface area contributed by atoms with Gasteiger partial charge in [0.2, 0.25) is 0 Å². The molecule has 0 saturated carbocycles. The maximum Gasteiger partial charge on any atom is 0.0883 e. The van der Waals surface area contributed by atoms with Crippen LogP contribution in [0, 0.1) is 10.8 Å². The van der Waals surface area contributed by atoms with Crippen LogP contribution in [0.4, 0.5) is 0 Å². The van der Waals surface area contributed by atoms with Gasteiger partial charge in [0, 0.05) is 18.0 Å². The van der Waals surface area contributed by atoms with Crippen LogP contribution in [0.3, 0.4) is 0 Å². The normalized spacial score (nSPS) is 14.8. The van der Waals surface area contributed by atoms with E-state index in [9.17, 15) is 0 Å². The number of hydrogen-bond acceptors (Lipinski definition) is 3. The molecule has 0 unspecified atom stereocenters. The first-order valence-electron chi connectivity index (χ1n) is 10.0. The molecule has 0 aliphatic rings. The van der Waals surface area contributed by atoms with Crippen molar-refractivity contribution in [2.75, 3.05) is 6.61 Å². The Balaban J connectivity index is 2.88. The monoisotopic (exact) mass is 365 g/mol. The standard InChI is InChI=1S/C22H43N3O/c1-13-19(5,6)17-14-25(24-23-17)21(9,10)15-22(11,12)26-16-20(7,8)18(2,3)4/h14H,13,15-16H2,1-12H3. The molecule has 0 N–H and O–H groups in total. The molecule has 152 valence electrons. The van der Waals surface area contributed by atoms with Crippen LogP contribution in [-0.2, 0) is 15.7 Å². The maximum absolute atomic E-state index is 6.41. The molecule has 0 bridgehead atoms. The Bertz CT molecular complexity index is 589. The second kappa shape index (κ2) is 7.26. The molecular formula is C22H43N3O. The second-order valence-corrected chi connectivity index (χ2v) is 11.5. The van der Waals surface area contributed by atoms with E-state index in [0.29, 0.717) is 0 Å². The summed E-state index contributed by atoms with van der Waals surface area (Å²) in [4.78, 5) is 0. The highest BCUT2D eigenvalue weighted by atomic mass is 16.5. The van der Waals surface area contributed by atoms with Crippen LogP contribution in [0.15, 0.2) is 6.20 Å². The minimum atomic E-state index is -0.238. The number of nitrogens with zero attached hydrogens (tertiary/aromatic N) is 3. The molecule has 0 amide bonds. The van der Waals surface area contributed by atoms with Crippen molar-refractivity contribution in [3.63, 3.8) is 0 Å². The van der Waals surface area contributed by atoms with Crippen molar-refractivity contribution in [3.05, 3.63) is 11.9 Å². The number of aromatic nitrogens is 3. The van der Waals surface area contributed by atoms with Crippen molar-refractivity contribution in [3.8, 4) is 0 Å². The van der Waals surface area contributed by atoms with Gasteiger partial charge in [0.15, 0.2) is 0 Å². The highest BCUT2D eigenvalue weighted by Crippen LogP contribution is 2.40. The molecule has 0 atom stereocenters. The summed E-state index contributed by atoms with van der Waals surface area (Å²) in [5.74, 6) is 0. The number of ether oxygens (including phenoxy) is 1. The number of rotatable bonds is 8. The average molecular weight is 366 g/mol. The molecule has 0 radical (unpaired) electrons. The van der Waals surface area contributed by atoms with Gasteiger partial charge in [-0.2, -0.15) is 0 Å². The third kappa shape index (κ3) is 5.55. The molecule has 4 heteroatoms. The van der Waals surface area contributed by atoms with Crippen LogP contribution in [0.25, 0.3) is 0 Å². The maximum atomic E-state index is 6.41. The topological polar surface area (TPSA) is 39.9 Å². The zero-order valence-electron chi connectivity index (χ0n) is 19.4. The lowest BCUT2D eigenvalue weighted by Gasteiger charge is -2.42. The summed E-state index contributed by atoms with van der Waals surface area (Å²) in [5.41, 5.74) is 1.02. The summed E-state index contributed by atoms with van der Waals surface area (Å²) in [6.07, 6.45) is 4.02. The van der Waals surface area contributed by atoms with Crippen molar-refractivity contribution >= 4 is 0 Å². The molecule has 4 nitrogen and oxygen atoms in total. The molecule has 0 spiro atoms. The molecule has 0 aliphatic heterocycles. The molecular weight excluding hydrogens is 322 g/mol. The fraction of sp³-hybridized carbons (Fsp3) is 0.909. The first kappa shape index (κ1) is 23.1.